The number of nitrogens with zero attached hydrogens (tertiary/aromatic N) is 2. The highest BCUT2D eigenvalue weighted by molar-refractivity contribution is 5.90. The molecular formula is C14H18N2O3. The van der Waals surface area contributed by atoms with E-state index in [1.807, 2.05) is 0 Å². The molecule has 0 fully saturated rings. The fraction of sp³-hybridized carbons (Fsp3) is 0.429. The van der Waals surface area contributed by atoms with Crippen LogP contribution in [-0.2, 0) is 9.47 Å². The Bertz CT molecular complexity index is 485. The van der Waals surface area contributed by atoms with Crippen molar-refractivity contribution in [3.05, 3.63) is 35.5 Å². The van der Waals surface area contributed by atoms with E-state index in [0.717, 1.165) is 25.3 Å². The van der Waals surface area contributed by atoms with Gasteiger partial charge in [0.15, 0.2) is 0 Å². The molecule has 2 rings (SSSR count). The Morgan fingerprint density at radius 3 is 2.95 bits per heavy atom. The van der Waals surface area contributed by atoms with Gasteiger partial charge in [-0.15, -0.1) is 0 Å². The summed E-state index contributed by atoms with van der Waals surface area (Å²) >= 11 is 0. The summed E-state index contributed by atoms with van der Waals surface area (Å²) in [6.45, 7) is 2.35. The third-order valence-corrected chi connectivity index (χ3v) is 3.12. The first kappa shape index (κ1) is 13.5. The molecule has 1 aliphatic heterocycles. The fourth-order valence-corrected chi connectivity index (χ4v) is 2.07. The van der Waals surface area contributed by atoms with Crippen LogP contribution in [0.1, 0.15) is 16.8 Å². The predicted octanol–water partition coefficient (Wildman–Crippen LogP) is 1.65. The summed E-state index contributed by atoms with van der Waals surface area (Å²) in [6, 6.07) is 3.42. The average molecular weight is 262 g/mol. The minimum Gasteiger partial charge on any atom is -0.465 e. The van der Waals surface area contributed by atoms with Crippen molar-refractivity contribution in [2.45, 2.75) is 6.42 Å². The Morgan fingerprint density at radius 2 is 2.32 bits per heavy atom. The normalized spacial score (nSPS) is 15.1. The Balaban J connectivity index is 2.09. The van der Waals surface area contributed by atoms with E-state index < -0.39 is 0 Å². The summed E-state index contributed by atoms with van der Waals surface area (Å²) in [7, 11) is 3.08. The third-order valence-electron chi connectivity index (χ3n) is 3.12. The summed E-state index contributed by atoms with van der Waals surface area (Å²) in [5, 5.41) is 0. The fourth-order valence-electron chi connectivity index (χ4n) is 2.07. The highest BCUT2D eigenvalue weighted by Crippen LogP contribution is 2.19. The lowest BCUT2D eigenvalue weighted by molar-refractivity contribution is 0.0600. The maximum Gasteiger partial charge on any atom is 0.338 e. The molecule has 0 bridgehead atoms. The second kappa shape index (κ2) is 6.33. The van der Waals surface area contributed by atoms with Gasteiger partial charge in [0.2, 0.25) is 0 Å². The van der Waals surface area contributed by atoms with E-state index in [1.54, 1.807) is 25.4 Å². The van der Waals surface area contributed by atoms with Gasteiger partial charge in [0.1, 0.15) is 5.82 Å². The van der Waals surface area contributed by atoms with E-state index in [9.17, 15) is 4.79 Å². The van der Waals surface area contributed by atoms with Gasteiger partial charge in [-0.1, -0.05) is 6.08 Å². The number of ether oxygens (including phenoxy) is 2. The number of hydrogen-bond acceptors (Lipinski definition) is 5. The first-order valence-electron chi connectivity index (χ1n) is 6.20. The number of carbonyl (C=O) groups is 1. The number of carbonyl (C=O) groups excluding carboxylic acids is 1. The number of esters is 1. The molecule has 0 spiro atoms. The molecule has 2 heterocycles. The summed E-state index contributed by atoms with van der Waals surface area (Å²) in [6.07, 6.45) is 4.74. The molecule has 1 aromatic heterocycles. The van der Waals surface area contributed by atoms with Crippen LogP contribution in [0.4, 0.5) is 5.82 Å². The highest BCUT2D eigenvalue weighted by Gasteiger charge is 2.15. The Labute approximate surface area is 112 Å². The number of rotatable bonds is 4. The molecule has 0 saturated heterocycles. The van der Waals surface area contributed by atoms with Crippen molar-refractivity contribution in [1.29, 1.82) is 0 Å². The quantitative estimate of drug-likeness (QED) is 0.610. The molecule has 0 amide bonds. The maximum atomic E-state index is 11.5. The number of methoxy groups -OCH3 is 2. The van der Waals surface area contributed by atoms with Gasteiger partial charge in [0.25, 0.3) is 0 Å². The van der Waals surface area contributed by atoms with Crippen molar-refractivity contribution in [3.63, 3.8) is 0 Å². The van der Waals surface area contributed by atoms with E-state index in [0.29, 0.717) is 12.2 Å². The van der Waals surface area contributed by atoms with Gasteiger partial charge in [-0.2, -0.15) is 0 Å². The number of aromatic nitrogens is 1. The molecule has 0 saturated carbocycles. The summed E-state index contributed by atoms with van der Waals surface area (Å²) in [4.78, 5) is 17.9. The monoisotopic (exact) mass is 262 g/mol. The van der Waals surface area contributed by atoms with Crippen molar-refractivity contribution in [2.24, 2.45) is 0 Å². The van der Waals surface area contributed by atoms with Gasteiger partial charge >= 0.3 is 5.97 Å². The lowest BCUT2D eigenvalue weighted by atomic mass is 10.1. The second-order valence-corrected chi connectivity index (χ2v) is 4.39. The molecule has 0 unspecified atom stereocenters. The molecule has 5 heteroatoms. The third kappa shape index (κ3) is 3.32. The second-order valence-electron chi connectivity index (χ2n) is 4.39. The molecule has 19 heavy (non-hydrogen) atoms. The minimum absolute atomic E-state index is 0.337. The minimum atomic E-state index is -0.337. The highest BCUT2D eigenvalue weighted by atomic mass is 16.5. The van der Waals surface area contributed by atoms with Gasteiger partial charge in [-0.3, -0.25) is 0 Å². The van der Waals surface area contributed by atoms with E-state index in [1.165, 1.54) is 12.7 Å². The van der Waals surface area contributed by atoms with Crippen molar-refractivity contribution < 1.29 is 14.3 Å². The Morgan fingerprint density at radius 1 is 1.47 bits per heavy atom. The van der Waals surface area contributed by atoms with Gasteiger partial charge in [0.05, 0.1) is 19.3 Å². The van der Waals surface area contributed by atoms with Crippen LogP contribution in [0.5, 0.6) is 0 Å². The number of hydrogen-bond donors (Lipinski definition) is 0. The zero-order valence-corrected chi connectivity index (χ0v) is 11.3. The zero-order valence-electron chi connectivity index (χ0n) is 11.3. The standard InChI is InChI=1S/C14H18N2O3/c1-18-10-11-4-7-16(8-5-11)13-9-12(3-6-15-13)14(17)19-2/h3-4,6,9H,5,7-8,10H2,1-2H3. The molecule has 1 aliphatic rings. The van der Waals surface area contributed by atoms with Crippen LogP contribution in [0.25, 0.3) is 0 Å². The topological polar surface area (TPSA) is 51.7 Å². The molecular weight excluding hydrogens is 244 g/mol. The summed E-state index contributed by atoms with van der Waals surface area (Å²) in [5.74, 6) is 0.465. The number of anilines is 1. The lowest BCUT2D eigenvalue weighted by Crippen LogP contribution is -2.30. The van der Waals surface area contributed by atoms with E-state index in [2.05, 4.69) is 16.0 Å². The van der Waals surface area contributed by atoms with Crippen LogP contribution in [0.2, 0.25) is 0 Å². The van der Waals surface area contributed by atoms with Crippen LogP contribution in [-0.4, -0.2) is 44.9 Å². The smallest absolute Gasteiger partial charge is 0.338 e. The first-order chi connectivity index (χ1) is 9.24. The van der Waals surface area contributed by atoms with Gasteiger partial charge in [0, 0.05) is 26.4 Å². The van der Waals surface area contributed by atoms with Crippen molar-refractivity contribution in [2.75, 3.05) is 38.8 Å². The molecule has 5 nitrogen and oxygen atoms in total. The zero-order chi connectivity index (χ0) is 13.7. The van der Waals surface area contributed by atoms with Crippen molar-refractivity contribution in [3.8, 4) is 0 Å². The van der Waals surface area contributed by atoms with Crippen LogP contribution >= 0.6 is 0 Å². The molecule has 102 valence electrons. The number of pyridine rings is 1. The summed E-state index contributed by atoms with van der Waals surface area (Å²) < 4.78 is 9.84. The predicted molar refractivity (Wildman–Crippen MR) is 72.4 cm³/mol. The molecule has 0 aliphatic carbocycles. The van der Waals surface area contributed by atoms with Gasteiger partial charge < -0.3 is 14.4 Å². The van der Waals surface area contributed by atoms with E-state index in [4.69, 9.17) is 9.47 Å². The Hall–Kier alpha value is -1.88. The van der Waals surface area contributed by atoms with Crippen LogP contribution in [0.3, 0.4) is 0 Å². The maximum absolute atomic E-state index is 11.5. The van der Waals surface area contributed by atoms with E-state index in [-0.39, 0.29) is 5.97 Å². The van der Waals surface area contributed by atoms with Gasteiger partial charge in [-0.25, -0.2) is 9.78 Å². The van der Waals surface area contributed by atoms with Crippen LogP contribution in [0.15, 0.2) is 30.0 Å². The molecule has 0 atom stereocenters. The molecule has 0 N–H and O–H groups in total. The first-order valence-corrected chi connectivity index (χ1v) is 6.20. The van der Waals surface area contributed by atoms with E-state index >= 15 is 0 Å². The van der Waals surface area contributed by atoms with Crippen LogP contribution in [0, 0.1) is 0 Å². The Kier molecular flexibility index (Phi) is 4.52. The van der Waals surface area contributed by atoms with Crippen LogP contribution < -0.4 is 4.90 Å². The molecule has 1 aromatic rings. The summed E-state index contributed by atoms with van der Waals surface area (Å²) in [5.41, 5.74) is 1.84. The lowest BCUT2D eigenvalue weighted by Gasteiger charge is -2.27. The van der Waals surface area contributed by atoms with Crippen molar-refractivity contribution in [1.82, 2.24) is 4.98 Å². The largest absolute Gasteiger partial charge is 0.465 e. The van der Waals surface area contributed by atoms with Crippen molar-refractivity contribution >= 4 is 11.8 Å². The SMILES string of the molecule is COCC1=CCN(c2cc(C(=O)OC)ccn2)CC1. The van der Waals surface area contributed by atoms with Gasteiger partial charge in [-0.05, 0) is 24.1 Å². The average Bonchev–Trinajstić information content (AvgIpc) is 2.48. The molecule has 0 radical (unpaired) electrons. The molecule has 0 aromatic carbocycles.